The lowest BCUT2D eigenvalue weighted by Gasteiger charge is -2.27. The number of ether oxygens (including phenoxy) is 3. The molecule has 9 nitrogen and oxygen atoms in total. The van der Waals surface area contributed by atoms with Gasteiger partial charge in [-0.25, -0.2) is 23.9 Å². The van der Waals surface area contributed by atoms with Crippen molar-refractivity contribution in [1.82, 2.24) is 14.5 Å². The highest BCUT2D eigenvalue weighted by molar-refractivity contribution is 5.89. The number of para-hydroxylation sites is 2. The second-order valence-electron chi connectivity index (χ2n) is 10.7. The van der Waals surface area contributed by atoms with Crippen LogP contribution in [0, 0.1) is 0 Å². The van der Waals surface area contributed by atoms with Crippen molar-refractivity contribution < 1.29 is 28.6 Å². The Bertz CT molecular complexity index is 1280. The number of aromatic nitrogens is 2. The maximum absolute atomic E-state index is 13.1. The molecule has 0 fully saturated rings. The average molecular weight is 510 g/mol. The highest BCUT2D eigenvalue weighted by Crippen LogP contribution is 2.21. The van der Waals surface area contributed by atoms with Crippen LogP contribution in [-0.2, 0) is 27.2 Å². The lowest BCUT2D eigenvalue weighted by molar-refractivity contribution is 0.0235. The van der Waals surface area contributed by atoms with E-state index in [-0.39, 0.29) is 19.5 Å². The lowest BCUT2D eigenvalue weighted by Crippen LogP contribution is -2.38. The van der Waals surface area contributed by atoms with Crippen LogP contribution in [0.5, 0.6) is 0 Å². The molecule has 1 aromatic heterocycles. The molecule has 3 aromatic rings. The van der Waals surface area contributed by atoms with Gasteiger partial charge >= 0.3 is 18.2 Å². The summed E-state index contributed by atoms with van der Waals surface area (Å²) < 4.78 is 17.5. The van der Waals surface area contributed by atoms with Crippen LogP contribution in [0.2, 0.25) is 0 Å². The number of benzene rings is 2. The monoisotopic (exact) mass is 509 g/mol. The largest absolute Gasteiger partial charge is 0.465 e. The summed E-state index contributed by atoms with van der Waals surface area (Å²) in [6, 6.07) is 14.2. The van der Waals surface area contributed by atoms with Crippen LogP contribution in [0.1, 0.15) is 63.3 Å². The molecule has 0 unspecified atom stereocenters. The van der Waals surface area contributed by atoms with E-state index in [1.165, 1.54) is 16.6 Å². The molecule has 0 saturated carbocycles. The molecule has 37 heavy (non-hydrogen) atoms. The van der Waals surface area contributed by atoms with Crippen molar-refractivity contribution in [2.24, 2.45) is 0 Å². The van der Waals surface area contributed by atoms with Gasteiger partial charge in [0.25, 0.3) is 0 Å². The molecule has 0 aliphatic heterocycles. The van der Waals surface area contributed by atoms with E-state index < -0.39 is 29.4 Å². The summed E-state index contributed by atoms with van der Waals surface area (Å²) in [6.07, 6.45) is -0.786. The quantitative estimate of drug-likeness (QED) is 0.316. The van der Waals surface area contributed by atoms with Crippen molar-refractivity contribution >= 4 is 29.2 Å². The van der Waals surface area contributed by atoms with Gasteiger partial charge in [-0.1, -0.05) is 24.3 Å². The van der Waals surface area contributed by atoms with Crippen LogP contribution in [0.15, 0.2) is 48.5 Å². The third-order valence-corrected chi connectivity index (χ3v) is 5.18. The molecule has 0 spiro atoms. The Morgan fingerprint density at radius 3 is 2.24 bits per heavy atom. The highest BCUT2D eigenvalue weighted by atomic mass is 16.6. The molecule has 0 aliphatic carbocycles. The number of imidazole rings is 1. The van der Waals surface area contributed by atoms with Gasteiger partial charge in [-0.15, -0.1) is 0 Å². The standard InChI is InChI=1S/C28H35N3O6/c1-27(2,3)36-25(33)30(18-19-11-10-12-20(17-19)24(32)35-7)16-15-23-29-21-13-8-9-14-22(21)31(23)26(34)37-28(4,5)6/h8-14,17H,15-16,18H2,1-7H3. The van der Waals surface area contributed by atoms with E-state index in [9.17, 15) is 14.4 Å². The Morgan fingerprint density at radius 2 is 1.59 bits per heavy atom. The first-order valence-corrected chi connectivity index (χ1v) is 12.1. The van der Waals surface area contributed by atoms with Crippen LogP contribution < -0.4 is 0 Å². The molecule has 0 saturated heterocycles. The normalized spacial score (nSPS) is 11.8. The maximum atomic E-state index is 13.1. The van der Waals surface area contributed by atoms with Gasteiger partial charge in [0.15, 0.2) is 0 Å². The Balaban J connectivity index is 1.92. The minimum Gasteiger partial charge on any atom is -0.465 e. The van der Waals surface area contributed by atoms with E-state index >= 15 is 0 Å². The van der Waals surface area contributed by atoms with E-state index in [4.69, 9.17) is 14.2 Å². The molecule has 1 heterocycles. The van der Waals surface area contributed by atoms with E-state index in [0.717, 1.165) is 5.56 Å². The first-order chi connectivity index (χ1) is 17.3. The summed E-state index contributed by atoms with van der Waals surface area (Å²) in [5.74, 6) is 0.00377. The SMILES string of the molecule is COC(=O)c1cccc(CN(CCc2nc3ccccc3n2C(=O)OC(C)(C)C)C(=O)OC(C)(C)C)c1. The second-order valence-corrected chi connectivity index (χ2v) is 10.7. The van der Waals surface area contributed by atoms with Crippen molar-refractivity contribution in [2.75, 3.05) is 13.7 Å². The molecule has 0 N–H and O–H groups in total. The zero-order chi connectivity index (χ0) is 27.4. The zero-order valence-corrected chi connectivity index (χ0v) is 22.5. The number of fused-ring (bicyclic) bond motifs is 1. The van der Waals surface area contributed by atoms with Crippen molar-refractivity contribution in [2.45, 2.75) is 65.7 Å². The number of carbonyl (C=O) groups is 3. The van der Waals surface area contributed by atoms with Crippen molar-refractivity contribution in [1.29, 1.82) is 0 Å². The Kier molecular flexibility index (Phi) is 8.25. The van der Waals surface area contributed by atoms with Crippen LogP contribution in [0.25, 0.3) is 11.0 Å². The third-order valence-electron chi connectivity index (χ3n) is 5.18. The molecule has 1 amide bonds. The molecule has 0 radical (unpaired) electrons. The van der Waals surface area contributed by atoms with Crippen molar-refractivity contribution in [3.05, 3.63) is 65.5 Å². The van der Waals surface area contributed by atoms with E-state index in [1.54, 1.807) is 65.8 Å². The van der Waals surface area contributed by atoms with Crippen LogP contribution in [0.4, 0.5) is 9.59 Å². The summed E-state index contributed by atoms with van der Waals surface area (Å²) in [5, 5.41) is 0. The van der Waals surface area contributed by atoms with E-state index in [2.05, 4.69) is 4.98 Å². The Hall–Kier alpha value is -3.88. The topological polar surface area (TPSA) is 100.0 Å². The Labute approximate surface area is 217 Å². The molecule has 198 valence electrons. The predicted molar refractivity (Wildman–Crippen MR) is 139 cm³/mol. The van der Waals surface area contributed by atoms with Gasteiger partial charge in [0.05, 0.1) is 23.7 Å². The molecular formula is C28H35N3O6. The molecule has 0 atom stereocenters. The van der Waals surface area contributed by atoms with Crippen LogP contribution in [-0.4, -0.2) is 57.5 Å². The molecule has 2 aromatic carbocycles. The van der Waals surface area contributed by atoms with Crippen LogP contribution in [0.3, 0.4) is 0 Å². The van der Waals surface area contributed by atoms with E-state index in [0.29, 0.717) is 22.4 Å². The fourth-order valence-electron chi connectivity index (χ4n) is 3.69. The smallest absolute Gasteiger partial charge is 0.420 e. The van der Waals surface area contributed by atoms with Gasteiger partial charge in [0.2, 0.25) is 0 Å². The highest BCUT2D eigenvalue weighted by Gasteiger charge is 2.26. The van der Waals surface area contributed by atoms with Gasteiger partial charge in [0, 0.05) is 19.5 Å². The number of esters is 1. The van der Waals surface area contributed by atoms with Crippen molar-refractivity contribution in [3.63, 3.8) is 0 Å². The Morgan fingerprint density at radius 1 is 0.919 bits per heavy atom. The number of hydrogen-bond donors (Lipinski definition) is 0. The average Bonchev–Trinajstić information content (AvgIpc) is 3.17. The van der Waals surface area contributed by atoms with Gasteiger partial charge in [-0.3, -0.25) is 0 Å². The number of hydrogen-bond acceptors (Lipinski definition) is 7. The number of carbonyl (C=O) groups excluding carboxylic acids is 3. The zero-order valence-electron chi connectivity index (χ0n) is 22.5. The molecule has 0 aliphatic rings. The number of rotatable bonds is 6. The van der Waals surface area contributed by atoms with Crippen LogP contribution >= 0.6 is 0 Å². The van der Waals surface area contributed by atoms with Gasteiger partial charge in [-0.2, -0.15) is 0 Å². The minimum absolute atomic E-state index is 0.187. The summed E-state index contributed by atoms with van der Waals surface area (Å²) in [6.45, 7) is 11.2. The first kappa shape index (κ1) is 27.7. The lowest BCUT2D eigenvalue weighted by atomic mass is 10.1. The minimum atomic E-state index is -0.702. The number of amides is 1. The fraction of sp³-hybridized carbons (Fsp3) is 0.429. The molecule has 9 heteroatoms. The molecular weight excluding hydrogens is 474 g/mol. The maximum Gasteiger partial charge on any atom is 0.420 e. The summed E-state index contributed by atoms with van der Waals surface area (Å²) >= 11 is 0. The second kappa shape index (κ2) is 11.0. The van der Waals surface area contributed by atoms with Crippen molar-refractivity contribution in [3.8, 4) is 0 Å². The van der Waals surface area contributed by atoms with Gasteiger partial charge < -0.3 is 19.1 Å². The summed E-state index contributed by atoms with van der Waals surface area (Å²) in [4.78, 5) is 44.4. The predicted octanol–water partition coefficient (Wildman–Crippen LogP) is 5.59. The third kappa shape index (κ3) is 7.55. The molecule has 3 rings (SSSR count). The van der Waals surface area contributed by atoms with E-state index in [1.807, 2.05) is 24.3 Å². The summed E-state index contributed by atoms with van der Waals surface area (Å²) in [5.41, 5.74) is 1.00. The fourth-order valence-corrected chi connectivity index (χ4v) is 3.69. The first-order valence-electron chi connectivity index (χ1n) is 12.1. The number of methoxy groups -OCH3 is 1. The molecule has 0 bridgehead atoms. The van der Waals surface area contributed by atoms with Gasteiger partial charge in [-0.05, 0) is 71.4 Å². The van der Waals surface area contributed by atoms with Gasteiger partial charge in [0.1, 0.15) is 17.0 Å². The number of nitrogens with zero attached hydrogens (tertiary/aromatic N) is 3. The summed E-state index contributed by atoms with van der Waals surface area (Å²) in [7, 11) is 1.32.